The highest BCUT2D eigenvalue weighted by atomic mass is 16.5. The number of methoxy groups -OCH3 is 2. The molecule has 0 saturated carbocycles. The third kappa shape index (κ3) is 1.69. The summed E-state index contributed by atoms with van der Waals surface area (Å²) in [6, 6.07) is 0. The fraction of sp³-hybridized carbons (Fsp3) is 0.250. The summed E-state index contributed by atoms with van der Waals surface area (Å²) in [5.41, 5.74) is 0.102. The molecule has 70 valence electrons. The van der Waals surface area contributed by atoms with Gasteiger partial charge in [-0.2, -0.15) is 0 Å². The molecule has 5 heteroatoms. The Hall–Kier alpha value is -1.78. The molecule has 0 aromatic carbocycles. The van der Waals surface area contributed by atoms with Crippen molar-refractivity contribution in [2.45, 2.75) is 0 Å². The van der Waals surface area contributed by atoms with Crippen LogP contribution in [0.4, 0.5) is 0 Å². The first-order valence-corrected chi connectivity index (χ1v) is 3.50. The normalized spacial score (nSPS) is 9.38. The number of nitrogens with zero attached hydrogens (tertiary/aromatic N) is 1. The van der Waals surface area contributed by atoms with E-state index in [0.717, 1.165) is 0 Å². The van der Waals surface area contributed by atoms with E-state index in [2.05, 4.69) is 9.72 Å². The summed E-state index contributed by atoms with van der Waals surface area (Å²) in [6.07, 6.45) is 2.45. The second-order valence-corrected chi connectivity index (χ2v) is 2.23. The lowest BCUT2D eigenvalue weighted by molar-refractivity contribution is 0.0595. The SMILES string of the molecule is COC(=O)c1cncc(O)c1OC. The Kier molecular flexibility index (Phi) is 2.69. The number of hydrogen-bond donors (Lipinski definition) is 1. The van der Waals surface area contributed by atoms with Gasteiger partial charge in [-0.15, -0.1) is 0 Å². The number of hydrogen-bond acceptors (Lipinski definition) is 5. The minimum absolute atomic E-state index is 0.0712. The summed E-state index contributed by atoms with van der Waals surface area (Å²) in [7, 11) is 2.59. The molecule has 0 radical (unpaired) electrons. The average Bonchev–Trinajstić information content (AvgIpc) is 2.16. The molecule has 0 amide bonds. The fourth-order valence-electron chi connectivity index (χ4n) is 0.908. The lowest BCUT2D eigenvalue weighted by atomic mass is 10.2. The summed E-state index contributed by atoms with van der Waals surface area (Å²) in [5, 5.41) is 9.24. The predicted molar refractivity (Wildman–Crippen MR) is 43.8 cm³/mol. The molecule has 0 bridgehead atoms. The first-order valence-electron chi connectivity index (χ1n) is 3.50. The number of ether oxygens (including phenoxy) is 2. The van der Waals surface area contributed by atoms with Crippen LogP contribution in [0.5, 0.6) is 11.5 Å². The van der Waals surface area contributed by atoms with Crippen LogP contribution in [-0.2, 0) is 4.74 Å². The van der Waals surface area contributed by atoms with Gasteiger partial charge in [-0.25, -0.2) is 4.79 Å². The average molecular weight is 183 g/mol. The summed E-state index contributed by atoms with van der Waals surface area (Å²) in [4.78, 5) is 14.7. The van der Waals surface area contributed by atoms with Crippen molar-refractivity contribution < 1.29 is 19.4 Å². The maximum Gasteiger partial charge on any atom is 0.343 e. The van der Waals surface area contributed by atoms with Crippen LogP contribution in [0.3, 0.4) is 0 Å². The van der Waals surface area contributed by atoms with Gasteiger partial charge in [0.1, 0.15) is 5.56 Å². The highest BCUT2D eigenvalue weighted by Gasteiger charge is 2.16. The van der Waals surface area contributed by atoms with Crippen LogP contribution in [0, 0.1) is 0 Å². The molecule has 0 aliphatic rings. The second kappa shape index (κ2) is 3.75. The van der Waals surface area contributed by atoms with Crippen molar-refractivity contribution in [1.82, 2.24) is 4.98 Å². The quantitative estimate of drug-likeness (QED) is 0.679. The lowest BCUT2D eigenvalue weighted by Gasteiger charge is -2.06. The molecule has 0 aliphatic carbocycles. The van der Waals surface area contributed by atoms with Crippen molar-refractivity contribution >= 4 is 5.97 Å². The zero-order valence-electron chi connectivity index (χ0n) is 7.27. The second-order valence-electron chi connectivity index (χ2n) is 2.23. The van der Waals surface area contributed by atoms with Gasteiger partial charge in [0.05, 0.1) is 20.4 Å². The highest BCUT2D eigenvalue weighted by Crippen LogP contribution is 2.28. The van der Waals surface area contributed by atoms with E-state index in [4.69, 9.17) is 4.74 Å². The van der Waals surface area contributed by atoms with Crippen molar-refractivity contribution in [2.75, 3.05) is 14.2 Å². The van der Waals surface area contributed by atoms with E-state index in [9.17, 15) is 9.90 Å². The van der Waals surface area contributed by atoms with Gasteiger partial charge in [0.15, 0.2) is 11.5 Å². The number of aromatic nitrogens is 1. The molecule has 1 rings (SSSR count). The van der Waals surface area contributed by atoms with E-state index in [-0.39, 0.29) is 17.1 Å². The van der Waals surface area contributed by atoms with E-state index in [1.165, 1.54) is 26.6 Å². The Morgan fingerprint density at radius 3 is 2.69 bits per heavy atom. The van der Waals surface area contributed by atoms with Crippen LogP contribution in [0.25, 0.3) is 0 Å². The summed E-state index contributed by atoms with van der Waals surface area (Å²) in [6.45, 7) is 0. The third-order valence-electron chi connectivity index (χ3n) is 1.49. The van der Waals surface area contributed by atoms with E-state index in [1.54, 1.807) is 0 Å². The van der Waals surface area contributed by atoms with Crippen molar-refractivity contribution in [3.8, 4) is 11.5 Å². The Morgan fingerprint density at radius 2 is 2.15 bits per heavy atom. The third-order valence-corrected chi connectivity index (χ3v) is 1.49. The zero-order valence-corrected chi connectivity index (χ0v) is 7.27. The Bertz CT molecular complexity index is 324. The molecular weight excluding hydrogens is 174 g/mol. The van der Waals surface area contributed by atoms with Crippen LogP contribution >= 0.6 is 0 Å². The Labute approximate surface area is 74.9 Å². The van der Waals surface area contributed by atoms with Gasteiger partial charge in [-0.05, 0) is 0 Å². The van der Waals surface area contributed by atoms with E-state index in [1.807, 2.05) is 0 Å². The number of carbonyl (C=O) groups is 1. The Morgan fingerprint density at radius 1 is 1.46 bits per heavy atom. The lowest BCUT2D eigenvalue weighted by Crippen LogP contribution is -2.04. The van der Waals surface area contributed by atoms with Gasteiger partial charge < -0.3 is 14.6 Å². The van der Waals surface area contributed by atoms with Crippen molar-refractivity contribution in [1.29, 1.82) is 0 Å². The van der Waals surface area contributed by atoms with Crippen molar-refractivity contribution in [3.63, 3.8) is 0 Å². The number of esters is 1. The monoisotopic (exact) mass is 183 g/mol. The first-order chi connectivity index (χ1) is 6.20. The molecule has 5 nitrogen and oxygen atoms in total. The molecule has 0 saturated heterocycles. The van der Waals surface area contributed by atoms with Gasteiger partial charge in [-0.1, -0.05) is 0 Å². The molecule has 1 aromatic heterocycles. The number of aromatic hydroxyl groups is 1. The number of carbonyl (C=O) groups excluding carboxylic acids is 1. The van der Waals surface area contributed by atoms with Crippen molar-refractivity contribution in [2.24, 2.45) is 0 Å². The first kappa shape index (κ1) is 9.31. The van der Waals surface area contributed by atoms with Gasteiger partial charge in [0, 0.05) is 6.20 Å². The summed E-state index contributed by atoms with van der Waals surface area (Å²) in [5.74, 6) is -0.715. The largest absolute Gasteiger partial charge is 0.503 e. The fourth-order valence-corrected chi connectivity index (χ4v) is 0.908. The molecule has 1 N–H and O–H groups in total. The highest BCUT2D eigenvalue weighted by molar-refractivity contribution is 5.92. The number of rotatable bonds is 2. The maximum atomic E-state index is 11.1. The molecule has 0 fully saturated rings. The van der Waals surface area contributed by atoms with Crippen LogP contribution in [0.2, 0.25) is 0 Å². The minimum atomic E-state index is -0.597. The van der Waals surface area contributed by atoms with E-state index < -0.39 is 5.97 Å². The smallest absolute Gasteiger partial charge is 0.343 e. The zero-order chi connectivity index (χ0) is 9.84. The topological polar surface area (TPSA) is 68.7 Å². The van der Waals surface area contributed by atoms with E-state index in [0.29, 0.717) is 0 Å². The molecular formula is C8H9NO4. The van der Waals surface area contributed by atoms with Crippen LogP contribution in [-0.4, -0.2) is 30.3 Å². The molecule has 0 atom stereocenters. The summed E-state index contributed by atoms with van der Waals surface area (Å²) < 4.78 is 9.27. The van der Waals surface area contributed by atoms with Gasteiger partial charge in [0.25, 0.3) is 0 Å². The standard InChI is InChI=1S/C8H9NO4/c1-12-7-5(8(11)13-2)3-9-4-6(7)10/h3-4,10H,1-2H3. The molecule has 0 unspecified atom stereocenters. The van der Waals surface area contributed by atoms with E-state index >= 15 is 0 Å². The molecule has 13 heavy (non-hydrogen) atoms. The minimum Gasteiger partial charge on any atom is -0.503 e. The summed E-state index contributed by atoms with van der Waals surface area (Å²) >= 11 is 0. The molecule has 1 heterocycles. The van der Waals surface area contributed by atoms with Crippen molar-refractivity contribution in [3.05, 3.63) is 18.0 Å². The maximum absolute atomic E-state index is 11.1. The number of pyridine rings is 1. The molecule has 0 aliphatic heterocycles. The predicted octanol–water partition coefficient (Wildman–Crippen LogP) is 0.582. The van der Waals surface area contributed by atoms with Gasteiger partial charge in [-0.3, -0.25) is 4.98 Å². The Balaban J connectivity index is 3.20. The van der Waals surface area contributed by atoms with Gasteiger partial charge >= 0.3 is 5.97 Å². The molecule has 1 aromatic rings. The van der Waals surface area contributed by atoms with Crippen LogP contribution in [0.1, 0.15) is 10.4 Å². The van der Waals surface area contributed by atoms with Crippen LogP contribution < -0.4 is 4.74 Å². The van der Waals surface area contributed by atoms with Gasteiger partial charge in [0.2, 0.25) is 0 Å². The van der Waals surface area contributed by atoms with Crippen LogP contribution in [0.15, 0.2) is 12.4 Å². The molecule has 0 spiro atoms.